The van der Waals surface area contributed by atoms with Crippen LogP contribution in [0.2, 0.25) is 0 Å². The maximum atomic E-state index is 14.7. The number of hydrogen-bond donors (Lipinski definition) is 0. The molecule has 10 heteroatoms. The van der Waals surface area contributed by atoms with Gasteiger partial charge in [-0.05, 0) is 85.8 Å². The molecule has 0 amide bonds. The van der Waals surface area contributed by atoms with Crippen LogP contribution in [0.5, 0.6) is 5.75 Å². The molecule has 1 heterocycles. The number of hydrogen-bond acceptors (Lipinski definition) is 7. The molecule has 0 radical (unpaired) electrons. The third-order valence-electron chi connectivity index (χ3n) is 7.91. The second kappa shape index (κ2) is 12.5. The highest BCUT2D eigenvalue weighted by Crippen LogP contribution is 2.54. The third-order valence-corrected chi connectivity index (χ3v) is 12.0. The van der Waals surface area contributed by atoms with E-state index in [9.17, 15) is 13.0 Å². The number of nitrogens with zero attached hydrogens (tertiary/aromatic N) is 1. The Bertz CT molecular complexity index is 1810. The van der Waals surface area contributed by atoms with Gasteiger partial charge in [-0.1, -0.05) is 48.0 Å². The van der Waals surface area contributed by atoms with Gasteiger partial charge in [0, 0.05) is 31.3 Å². The Morgan fingerprint density at radius 1 is 0.814 bits per heavy atom. The zero-order valence-electron chi connectivity index (χ0n) is 25.5. The predicted molar refractivity (Wildman–Crippen MR) is 169 cm³/mol. The van der Waals surface area contributed by atoms with E-state index in [1.165, 1.54) is 4.31 Å². The molecule has 0 fully saturated rings. The zero-order valence-corrected chi connectivity index (χ0v) is 27.2. The molecule has 0 bridgehead atoms. The summed E-state index contributed by atoms with van der Waals surface area (Å²) in [5.74, 6) is 0.547. The number of rotatable bonds is 11. The van der Waals surface area contributed by atoms with Crippen molar-refractivity contribution in [3.63, 3.8) is 0 Å². The standard InChI is InChI=1S/C33H38NO7PS/c1-7-40-42(35,41-8-2)33-24(5)29-20-34(43(36,37)26-16-13-22(3)14-17-26)19-28(29)23(4)31(33)32-27-12-10-9-11-25(27)15-18-30(32)39-21-38-6/h9-18H,7-8,19-21H2,1-6H3. The number of aryl methyl sites for hydroxylation is 1. The molecule has 0 atom stereocenters. The summed E-state index contributed by atoms with van der Waals surface area (Å²) < 4.78 is 67.1. The quantitative estimate of drug-likeness (QED) is 0.131. The fourth-order valence-electron chi connectivity index (χ4n) is 5.88. The van der Waals surface area contributed by atoms with Crippen LogP contribution in [0.1, 0.15) is 41.7 Å². The minimum atomic E-state index is -3.87. The molecule has 0 unspecified atom stereocenters. The van der Waals surface area contributed by atoms with E-state index in [2.05, 4.69) is 0 Å². The number of methoxy groups -OCH3 is 1. The van der Waals surface area contributed by atoms with Crippen molar-refractivity contribution in [2.24, 2.45) is 0 Å². The summed E-state index contributed by atoms with van der Waals surface area (Å²) in [6.07, 6.45) is 0. The van der Waals surface area contributed by atoms with Gasteiger partial charge >= 0.3 is 7.60 Å². The second-order valence-corrected chi connectivity index (χ2v) is 14.5. The lowest BCUT2D eigenvalue weighted by Gasteiger charge is -2.27. The molecule has 0 spiro atoms. The van der Waals surface area contributed by atoms with Crippen molar-refractivity contribution in [3.8, 4) is 16.9 Å². The summed E-state index contributed by atoms with van der Waals surface area (Å²) in [6.45, 7) is 9.99. The van der Waals surface area contributed by atoms with Gasteiger partial charge in [-0.3, -0.25) is 4.57 Å². The van der Waals surface area contributed by atoms with E-state index in [1.54, 1.807) is 45.2 Å². The first kappa shape index (κ1) is 31.4. The van der Waals surface area contributed by atoms with Crippen LogP contribution in [0.4, 0.5) is 0 Å². The van der Waals surface area contributed by atoms with Crippen LogP contribution in [0.25, 0.3) is 21.9 Å². The number of ether oxygens (including phenoxy) is 2. The fraction of sp³-hybridized carbons (Fsp3) is 0.333. The Kier molecular flexibility index (Phi) is 9.14. The highest BCUT2D eigenvalue weighted by Gasteiger charge is 2.40. The molecule has 0 aliphatic carbocycles. The summed E-state index contributed by atoms with van der Waals surface area (Å²) >= 11 is 0. The van der Waals surface area contributed by atoms with Crippen LogP contribution < -0.4 is 10.0 Å². The van der Waals surface area contributed by atoms with Gasteiger partial charge in [0.05, 0.1) is 23.4 Å². The summed E-state index contributed by atoms with van der Waals surface area (Å²) in [5.41, 5.74) is 5.55. The molecule has 43 heavy (non-hydrogen) atoms. The molecule has 228 valence electrons. The van der Waals surface area contributed by atoms with E-state index >= 15 is 0 Å². The van der Waals surface area contributed by atoms with E-state index in [-0.39, 0.29) is 38.0 Å². The third kappa shape index (κ3) is 5.66. The van der Waals surface area contributed by atoms with Crippen molar-refractivity contribution in [3.05, 3.63) is 88.5 Å². The van der Waals surface area contributed by atoms with Gasteiger partial charge in [0.15, 0.2) is 6.79 Å². The molecule has 5 rings (SSSR count). The first-order chi connectivity index (χ1) is 20.6. The van der Waals surface area contributed by atoms with Gasteiger partial charge in [0.1, 0.15) is 5.75 Å². The molecule has 8 nitrogen and oxygen atoms in total. The molecule has 0 N–H and O–H groups in total. The van der Waals surface area contributed by atoms with Crippen molar-refractivity contribution >= 4 is 33.7 Å². The van der Waals surface area contributed by atoms with Gasteiger partial charge in [-0.25, -0.2) is 8.42 Å². The summed E-state index contributed by atoms with van der Waals surface area (Å²) in [7, 11) is -6.12. The SMILES string of the molecule is CCOP(=O)(OCC)c1c(C)c2c(c(C)c1-c1c(OCOC)ccc3ccccc13)CN(S(=O)(=O)c1ccc(C)cc1)C2. The average molecular weight is 624 g/mol. The summed E-state index contributed by atoms with van der Waals surface area (Å²) in [5, 5.41) is 2.29. The van der Waals surface area contributed by atoms with Crippen molar-refractivity contribution < 1.29 is 31.5 Å². The van der Waals surface area contributed by atoms with Crippen molar-refractivity contribution in [1.29, 1.82) is 0 Å². The van der Waals surface area contributed by atoms with Crippen LogP contribution in [0, 0.1) is 20.8 Å². The first-order valence-electron chi connectivity index (χ1n) is 14.3. The Morgan fingerprint density at radius 2 is 1.44 bits per heavy atom. The van der Waals surface area contributed by atoms with Crippen molar-refractivity contribution in [2.75, 3.05) is 27.1 Å². The fourth-order valence-corrected chi connectivity index (χ4v) is 9.37. The number of benzene rings is 4. The highest BCUT2D eigenvalue weighted by atomic mass is 32.2. The highest BCUT2D eigenvalue weighted by molar-refractivity contribution is 7.89. The van der Waals surface area contributed by atoms with Crippen LogP contribution >= 0.6 is 7.60 Å². The summed E-state index contributed by atoms with van der Waals surface area (Å²) in [4.78, 5) is 0.236. The summed E-state index contributed by atoms with van der Waals surface area (Å²) in [6, 6.07) is 18.6. The Labute approximate surface area is 254 Å². The Morgan fingerprint density at radius 3 is 2.07 bits per heavy atom. The molecule has 1 aliphatic heterocycles. The smallest absolute Gasteiger partial charge is 0.362 e. The van der Waals surface area contributed by atoms with Crippen LogP contribution in [-0.4, -0.2) is 39.8 Å². The van der Waals surface area contributed by atoms with E-state index in [1.807, 2.05) is 57.2 Å². The molecule has 1 aliphatic rings. The van der Waals surface area contributed by atoms with E-state index in [4.69, 9.17) is 18.5 Å². The van der Waals surface area contributed by atoms with Crippen molar-refractivity contribution in [1.82, 2.24) is 4.31 Å². The number of sulfonamides is 1. The average Bonchev–Trinajstić information content (AvgIpc) is 3.46. The van der Waals surface area contributed by atoms with Gasteiger partial charge in [-0.2, -0.15) is 4.31 Å². The minimum Gasteiger partial charge on any atom is -0.467 e. The number of fused-ring (bicyclic) bond motifs is 2. The van der Waals surface area contributed by atoms with Gasteiger partial charge in [0.25, 0.3) is 0 Å². The van der Waals surface area contributed by atoms with Gasteiger partial charge in [0.2, 0.25) is 10.0 Å². The molecular weight excluding hydrogens is 585 g/mol. The monoisotopic (exact) mass is 623 g/mol. The van der Waals surface area contributed by atoms with E-state index in [0.717, 1.165) is 38.6 Å². The van der Waals surface area contributed by atoms with Gasteiger partial charge < -0.3 is 18.5 Å². The maximum Gasteiger partial charge on any atom is 0.362 e. The molecule has 0 saturated heterocycles. The topological polar surface area (TPSA) is 91.4 Å². The lowest BCUT2D eigenvalue weighted by atomic mass is 9.88. The van der Waals surface area contributed by atoms with Crippen LogP contribution in [0.3, 0.4) is 0 Å². The molecule has 0 saturated carbocycles. The lowest BCUT2D eigenvalue weighted by molar-refractivity contribution is 0.0516. The predicted octanol–water partition coefficient (Wildman–Crippen LogP) is 7.01. The Hall–Kier alpha value is -3.04. The van der Waals surface area contributed by atoms with E-state index in [0.29, 0.717) is 22.2 Å². The van der Waals surface area contributed by atoms with Gasteiger partial charge in [-0.15, -0.1) is 0 Å². The Balaban J connectivity index is 1.82. The molecular formula is C33H38NO7PS. The van der Waals surface area contributed by atoms with Crippen LogP contribution in [-0.2, 0) is 41.5 Å². The first-order valence-corrected chi connectivity index (χ1v) is 17.3. The van der Waals surface area contributed by atoms with Crippen molar-refractivity contribution in [2.45, 2.75) is 52.6 Å². The normalized spacial score (nSPS) is 13.9. The minimum absolute atomic E-state index is 0.0147. The van der Waals surface area contributed by atoms with E-state index < -0.39 is 17.6 Å². The zero-order chi connectivity index (χ0) is 30.9. The van der Waals surface area contributed by atoms with Crippen LogP contribution in [0.15, 0.2) is 65.6 Å². The maximum absolute atomic E-state index is 14.7. The largest absolute Gasteiger partial charge is 0.467 e. The molecule has 4 aromatic carbocycles. The molecule has 0 aromatic heterocycles. The second-order valence-electron chi connectivity index (χ2n) is 10.6. The lowest BCUT2D eigenvalue weighted by Crippen LogP contribution is -2.25. The molecule has 4 aromatic rings.